The van der Waals surface area contributed by atoms with E-state index in [-0.39, 0.29) is 5.41 Å². The topological polar surface area (TPSA) is 47.6 Å². The van der Waals surface area contributed by atoms with Crippen LogP contribution in [0.15, 0.2) is 109 Å². The van der Waals surface area contributed by atoms with Gasteiger partial charge in [-0.05, 0) is 74.8 Å². The summed E-state index contributed by atoms with van der Waals surface area (Å²) in [5, 5.41) is 19.7. The first-order chi connectivity index (χ1) is 18.0. The fourth-order valence-electron chi connectivity index (χ4n) is 5.61. The van der Waals surface area contributed by atoms with E-state index in [0.29, 0.717) is 11.1 Å². The lowest BCUT2D eigenvalue weighted by Gasteiger charge is -2.22. The van der Waals surface area contributed by atoms with E-state index < -0.39 is 0 Å². The first-order valence-electron chi connectivity index (χ1n) is 12.4. The molecule has 0 saturated carbocycles. The molecular formula is C35H24N2. The van der Waals surface area contributed by atoms with Crippen LogP contribution in [0.5, 0.6) is 0 Å². The molecule has 37 heavy (non-hydrogen) atoms. The molecule has 0 amide bonds. The standard InChI is InChI=1S/C35H24N2/c1-35(2)33-17-23(21-36)13-15-28(33)29-16-14-26(20-34(29)35)27-18-30(24-9-5-3-6-10-24)32(22-37)31(19-27)25-11-7-4-8-12-25/h3-20H,1-2H3. The van der Waals surface area contributed by atoms with Crippen molar-refractivity contribution >= 4 is 0 Å². The molecule has 0 radical (unpaired) electrons. The Balaban J connectivity index is 1.58. The number of fused-ring (bicyclic) bond motifs is 3. The van der Waals surface area contributed by atoms with Crippen molar-refractivity contribution in [2.75, 3.05) is 0 Å². The smallest absolute Gasteiger partial charge is 0.100 e. The maximum Gasteiger partial charge on any atom is 0.100 e. The van der Waals surface area contributed by atoms with Crippen LogP contribution >= 0.6 is 0 Å². The van der Waals surface area contributed by atoms with Gasteiger partial charge in [0.15, 0.2) is 0 Å². The van der Waals surface area contributed by atoms with Gasteiger partial charge in [-0.2, -0.15) is 10.5 Å². The molecule has 0 heterocycles. The summed E-state index contributed by atoms with van der Waals surface area (Å²) in [7, 11) is 0. The molecule has 5 aromatic carbocycles. The Kier molecular flexibility index (Phi) is 5.26. The van der Waals surface area contributed by atoms with E-state index in [1.165, 1.54) is 22.3 Å². The van der Waals surface area contributed by atoms with E-state index in [0.717, 1.165) is 33.4 Å². The molecule has 2 heteroatoms. The molecule has 174 valence electrons. The zero-order valence-electron chi connectivity index (χ0n) is 20.8. The summed E-state index contributed by atoms with van der Waals surface area (Å²) in [6, 6.07) is 42.0. The predicted octanol–water partition coefficient (Wildman–Crippen LogP) is 8.74. The van der Waals surface area contributed by atoms with Gasteiger partial charge < -0.3 is 0 Å². The highest BCUT2D eigenvalue weighted by molar-refractivity contribution is 5.89. The Hall–Kier alpha value is -4.92. The van der Waals surface area contributed by atoms with Gasteiger partial charge in [0, 0.05) is 16.5 Å². The van der Waals surface area contributed by atoms with E-state index >= 15 is 0 Å². The molecule has 1 aliphatic carbocycles. The zero-order chi connectivity index (χ0) is 25.6. The van der Waals surface area contributed by atoms with Crippen LogP contribution in [0.25, 0.3) is 44.5 Å². The van der Waals surface area contributed by atoms with Crippen molar-refractivity contribution in [3.05, 3.63) is 131 Å². The Morgan fingerprint density at radius 3 is 1.57 bits per heavy atom. The molecule has 0 aromatic heterocycles. The number of rotatable bonds is 3. The molecule has 6 rings (SSSR count). The van der Waals surface area contributed by atoms with Gasteiger partial charge >= 0.3 is 0 Å². The van der Waals surface area contributed by atoms with Crippen LogP contribution in [-0.4, -0.2) is 0 Å². The normalized spacial score (nSPS) is 12.8. The van der Waals surface area contributed by atoms with Gasteiger partial charge in [-0.1, -0.05) is 92.7 Å². The average molecular weight is 473 g/mol. The maximum absolute atomic E-state index is 10.2. The van der Waals surface area contributed by atoms with Gasteiger partial charge in [-0.25, -0.2) is 0 Å². The zero-order valence-corrected chi connectivity index (χ0v) is 20.8. The van der Waals surface area contributed by atoms with Crippen LogP contribution in [0, 0.1) is 22.7 Å². The lowest BCUT2D eigenvalue weighted by atomic mass is 9.81. The second kappa shape index (κ2) is 8.63. The van der Waals surface area contributed by atoms with Crippen molar-refractivity contribution in [2.45, 2.75) is 19.3 Å². The third-order valence-corrected chi connectivity index (χ3v) is 7.56. The fraction of sp³-hybridized carbons (Fsp3) is 0.0857. The van der Waals surface area contributed by atoms with Crippen molar-refractivity contribution in [1.29, 1.82) is 10.5 Å². The average Bonchev–Trinajstić information content (AvgIpc) is 3.18. The highest BCUT2D eigenvalue weighted by atomic mass is 14.4. The largest absolute Gasteiger partial charge is 0.192 e. The fourth-order valence-corrected chi connectivity index (χ4v) is 5.61. The van der Waals surface area contributed by atoms with E-state index in [1.807, 2.05) is 48.5 Å². The first kappa shape index (κ1) is 22.5. The Labute approximate surface area is 217 Å². The second-order valence-corrected chi connectivity index (χ2v) is 10.0. The number of nitriles is 2. The van der Waals surface area contributed by atoms with Gasteiger partial charge in [0.05, 0.1) is 17.2 Å². The van der Waals surface area contributed by atoms with Gasteiger partial charge in [-0.15, -0.1) is 0 Å². The summed E-state index contributed by atoms with van der Waals surface area (Å²) >= 11 is 0. The summed E-state index contributed by atoms with van der Waals surface area (Å²) in [6.45, 7) is 4.46. The van der Waals surface area contributed by atoms with Crippen LogP contribution in [0.4, 0.5) is 0 Å². The number of nitrogens with zero attached hydrogens (tertiary/aromatic N) is 2. The monoisotopic (exact) mass is 472 g/mol. The molecule has 1 aliphatic rings. The number of hydrogen-bond donors (Lipinski definition) is 0. The minimum absolute atomic E-state index is 0.218. The summed E-state index contributed by atoms with van der Waals surface area (Å²) in [6.07, 6.45) is 0. The summed E-state index contributed by atoms with van der Waals surface area (Å²) in [5.74, 6) is 0. The summed E-state index contributed by atoms with van der Waals surface area (Å²) in [5.41, 5.74) is 12.1. The molecule has 5 aromatic rings. The number of hydrogen-bond acceptors (Lipinski definition) is 2. The molecule has 0 atom stereocenters. The molecule has 0 saturated heterocycles. The van der Waals surface area contributed by atoms with Gasteiger partial charge in [0.1, 0.15) is 6.07 Å². The van der Waals surface area contributed by atoms with Crippen molar-refractivity contribution < 1.29 is 0 Å². The van der Waals surface area contributed by atoms with Crippen LogP contribution in [-0.2, 0) is 5.41 Å². The Morgan fingerprint density at radius 2 is 1.03 bits per heavy atom. The molecule has 0 N–H and O–H groups in total. The van der Waals surface area contributed by atoms with E-state index in [4.69, 9.17) is 0 Å². The van der Waals surface area contributed by atoms with Gasteiger partial charge in [-0.3, -0.25) is 0 Å². The molecule has 0 fully saturated rings. The molecule has 0 unspecified atom stereocenters. The lowest BCUT2D eigenvalue weighted by Crippen LogP contribution is -2.15. The van der Waals surface area contributed by atoms with Crippen molar-refractivity contribution in [3.63, 3.8) is 0 Å². The van der Waals surface area contributed by atoms with Crippen LogP contribution < -0.4 is 0 Å². The molecule has 0 spiro atoms. The highest BCUT2D eigenvalue weighted by Gasteiger charge is 2.35. The minimum atomic E-state index is -0.218. The van der Waals surface area contributed by atoms with Gasteiger partial charge in [0.25, 0.3) is 0 Å². The van der Waals surface area contributed by atoms with E-state index in [2.05, 4.69) is 86.6 Å². The van der Waals surface area contributed by atoms with Crippen molar-refractivity contribution in [3.8, 4) is 56.6 Å². The molecule has 0 bridgehead atoms. The first-order valence-corrected chi connectivity index (χ1v) is 12.4. The molecule has 0 aliphatic heterocycles. The van der Waals surface area contributed by atoms with Crippen molar-refractivity contribution in [1.82, 2.24) is 0 Å². The Morgan fingerprint density at radius 1 is 0.486 bits per heavy atom. The molecular weight excluding hydrogens is 448 g/mol. The second-order valence-electron chi connectivity index (χ2n) is 10.0. The van der Waals surface area contributed by atoms with Gasteiger partial charge in [0.2, 0.25) is 0 Å². The van der Waals surface area contributed by atoms with Crippen LogP contribution in [0.2, 0.25) is 0 Å². The quantitative estimate of drug-likeness (QED) is 0.263. The summed E-state index contributed by atoms with van der Waals surface area (Å²) < 4.78 is 0. The Bertz CT molecular complexity index is 1690. The minimum Gasteiger partial charge on any atom is -0.192 e. The van der Waals surface area contributed by atoms with Crippen LogP contribution in [0.1, 0.15) is 36.1 Å². The third kappa shape index (κ3) is 3.63. The lowest BCUT2D eigenvalue weighted by molar-refractivity contribution is 0.660. The maximum atomic E-state index is 10.2. The van der Waals surface area contributed by atoms with Crippen molar-refractivity contribution in [2.24, 2.45) is 0 Å². The van der Waals surface area contributed by atoms with E-state index in [1.54, 1.807) is 0 Å². The molecule has 2 nitrogen and oxygen atoms in total. The summed E-state index contributed by atoms with van der Waals surface area (Å²) in [4.78, 5) is 0. The van der Waals surface area contributed by atoms with E-state index in [9.17, 15) is 10.5 Å². The number of benzene rings is 5. The third-order valence-electron chi connectivity index (χ3n) is 7.56. The highest BCUT2D eigenvalue weighted by Crippen LogP contribution is 2.50. The SMILES string of the molecule is CC1(C)c2cc(C#N)ccc2-c2ccc(-c3cc(-c4ccccc4)c(C#N)c(-c4ccccc4)c3)cc21. The predicted molar refractivity (Wildman–Crippen MR) is 150 cm³/mol. The van der Waals surface area contributed by atoms with Crippen LogP contribution in [0.3, 0.4) is 0 Å².